The minimum Gasteiger partial charge on any atom is -0.506 e. The largest absolute Gasteiger partial charge is 0.506 e. The maximum atomic E-state index is 9.92. The summed E-state index contributed by atoms with van der Waals surface area (Å²) in [4.78, 5) is 6.84. The molecule has 3 rings (SSSR count). The van der Waals surface area contributed by atoms with E-state index in [0.717, 1.165) is 29.7 Å². The highest BCUT2D eigenvalue weighted by Crippen LogP contribution is 2.23. The molecule has 24 heavy (non-hydrogen) atoms. The van der Waals surface area contributed by atoms with Crippen molar-refractivity contribution in [3.8, 4) is 5.75 Å². The number of nitrogens with zero attached hydrogens (tertiary/aromatic N) is 2. The van der Waals surface area contributed by atoms with E-state index < -0.39 is 0 Å². The fourth-order valence-electron chi connectivity index (χ4n) is 2.81. The quantitative estimate of drug-likeness (QED) is 0.722. The second-order valence-electron chi connectivity index (χ2n) is 5.68. The Morgan fingerprint density at radius 2 is 1.67 bits per heavy atom. The second kappa shape index (κ2) is 7.18. The van der Waals surface area contributed by atoms with Crippen LogP contribution in [0.15, 0.2) is 54.6 Å². The van der Waals surface area contributed by atoms with Gasteiger partial charge in [-0.05, 0) is 49.8 Å². The first kappa shape index (κ1) is 16.1. The number of pyridine rings is 1. The van der Waals surface area contributed by atoms with Crippen LogP contribution >= 0.6 is 0 Å². The lowest BCUT2D eigenvalue weighted by Gasteiger charge is -2.20. The summed E-state index contributed by atoms with van der Waals surface area (Å²) in [6.07, 6.45) is 4.01. The molecule has 0 fully saturated rings. The van der Waals surface area contributed by atoms with Gasteiger partial charge < -0.3 is 10.0 Å². The number of phenolic OH excluding ortho intramolecular Hbond substituents is 1. The van der Waals surface area contributed by atoms with Crippen molar-refractivity contribution in [3.05, 3.63) is 65.9 Å². The third-order valence-electron chi connectivity index (χ3n) is 4.19. The van der Waals surface area contributed by atoms with Gasteiger partial charge in [0.15, 0.2) is 0 Å². The van der Waals surface area contributed by atoms with Crippen LogP contribution in [0.4, 0.5) is 5.69 Å². The third kappa shape index (κ3) is 3.40. The van der Waals surface area contributed by atoms with Crippen molar-refractivity contribution in [1.82, 2.24) is 4.98 Å². The standard InChI is InChI=1S/C21H22N2O/c1-3-23(4-2)19-14-9-16(10-15-19)8-12-18-13-11-17-6-5-7-20(24)21(17)22-18/h5-15,24H,3-4H2,1-2H3. The first-order valence-corrected chi connectivity index (χ1v) is 8.33. The van der Waals surface area contributed by atoms with Gasteiger partial charge in [-0.1, -0.05) is 36.4 Å². The minimum atomic E-state index is 0.214. The highest BCUT2D eigenvalue weighted by molar-refractivity contribution is 5.85. The zero-order valence-electron chi connectivity index (χ0n) is 14.1. The van der Waals surface area contributed by atoms with Crippen molar-refractivity contribution in [2.45, 2.75) is 13.8 Å². The van der Waals surface area contributed by atoms with Crippen LogP contribution in [-0.4, -0.2) is 23.2 Å². The molecule has 1 aromatic heterocycles. The molecule has 0 unspecified atom stereocenters. The van der Waals surface area contributed by atoms with Gasteiger partial charge in [0, 0.05) is 24.2 Å². The summed E-state index contributed by atoms with van der Waals surface area (Å²) in [5.41, 5.74) is 3.84. The lowest BCUT2D eigenvalue weighted by Crippen LogP contribution is -2.21. The van der Waals surface area contributed by atoms with Gasteiger partial charge in [-0.3, -0.25) is 0 Å². The second-order valence-corrected chi connectivity index (χ2v) is 5.68. The van der Waals surface area contributed by atoms with Crippen LogP contribution in [0.1, 0.15) is 25.1 Å². The fourth-order valence-corrected chi connectivity index (χ4v) is 2.81. The van der Waals surface area contributed by atoms with Crippen LogP contribution in [-0.2, 0) is 0 Å². The Kier molecular flexibility index (Phi) is 4.80. The van der Waals surface area contributed by atoms with Crippen LogP contribution in [0.25, 0.3) is 23.1 Å². The highest BCUT2D eigenvalue weighted by atomic mass is 16.3. The summed E-state index contributed by atoms with van der Waals surface area (Å²) in [6.45, 7) is 6.35. The average molecular weight is 318 g/mol. The Balaban J connectivity index is 1.82. The number of benzene rings is 2. The van der Waals surface area contributed by atoms with E-state index in [0.29, 0.717) is 5.52 Å². The number of fused-ring (bicyclic) bond motifs is 1. The molecule has 3 nitrogen and oxygen atoms in total. The van der Waals surface area contributed by atoms with Crippen molar-refractivity contribution in [2.24, 2.45) is 0 Å². The van der Waals surface area contributed by atoms with Gasteiger partial charge in [0.1, 0.15) is 11.3 Å². The first-order valence-electron chi connectivity index (χ1n) is 8.33. The van der Waals surface area contributed by atoms with E-state index in [-0.39, 0.29) is 5.75 Å². The summed E-state index contributed by atoms with van der Waals surface area (Å²) < 4.78 is 0. The zero-order chi connectivity index (χ0) is 16.9. The molecule has 0 aliphatic rings. The van der Waals surface area contributed by atoms with Crippen LogP contribution in [0.5, 0.6) is 5.75 Å². The maximum Gasteiger partial charge on any atom is 0.141 e. The number of hydrogen-bond donors (Lipinski definition) is 1. The van der Waals surface area contributed by atoms with E-state index in [2.05, 4.69) is 48.0 Å². The van der Waals surface area contributed by atoms with Gasteiger partial charge >= 0.3 is 0 Å². The summed E-state index contributed by atoms with van der Waals surface area (Å²) in [7, 11) is 0. The van der Waals surface area contributed by atoms with Gasteiger partial charge in [-0.2, -0.15) is 0 Å². The van der Waals surface area contributed by atoms with Crippen molar-refractivity contribution in [2.75, 3.05) is 18.0 Å². The summed E-state index contributed by atoms with van der Waals surface area (Å²) >= 11 is 0. The van der Waals surface area contributed by atoms with E-state index in [4.69, 9.17) is 0 Å². The van der Waals surface area contributed by atoms with E-state index in [1.165, 1.54) is 5.69 Å². The molecule has 3 aromatic rings. The Morgan fingerprint density at radius 1 is 0.917 bits per heavy atom. The topological polar surface area (TPSA) is 36.4 Å². The Bertz CT molecular complexity index is 849. The molecule has 2 aromatic carbocycles. The summed E-state index contributed by atoms with van der Waals surface area (Å²) in [5.74, 6) is 0.214. The summed E-state index contributed by atoms with van der Waals surface area (Å²) in [5, 5.41) is 10.9. The van der Waals surface area contributed by atoms with E-state index in [1.807, 2.05) is 36.4 Å². The molecule has 122 valence electrons. The zero-order valence-corrected chi connectivity index (χ0v) is 14.1. The smallest absolute Gasteiger partial charge is 0.141 e. The van der Waals surface area contributed by atoms with Crippen LogP contribution in [0.3, 0.4) is 0 Å². The molecule has 1 heterocycles. The van der Waals surface area contributed by atoms with Crippen LogP contribution in [0, 0.1) is 0 Å². The molecule has 0 bridgehead atoms. The number of anilines is 1. The van der Waals surface area contributed by atoms with Gasteiger partial charge in [-0.25, -0.2) is 4.98 Å². The van der Waals surface area contributed by atoms with Gasteiger partial charge in [-0.15, -0.1) is 0 Å². The predicted octanol–water partition coefficient (Wildman–Crippen LogP) is 4.96. The number of aromatic nitrogens is 1. The van der Waals surface area contributed by atoms with E-state index >= 15 is 0 Å². The van der Waals surface area contributed by atoms with E-state index in [1.54, 1.807) is 6.07 Å². The van der Waals surface area contributed by atoms with Crippen molar-refractivity contribution in [1.29, 1.82) is 0 Å². The molecular formula is C21H22N2O. The first-order chi connectivity index (χ1) is 11.7. The normalized spacial score (nSPS) is 11.2. The maximum absolute atomic E-state index is 9.92. The molecule has 0 atom stereocenters. The number of para-hydroxylation sites is 1. The lowest BCUT2D eigenvalue weighted by atomic mass is 10.1. The summed E-state index contributed by atoms with van der Waals surface area (Å²) in [6, 6.07) is 17.9. The van der Waals surface area contributed by atoms with Gasteiger partial charge in [0.25, 0.3) is 0 Å². The number of aromatic hydroxyl groups is 1. The van der Waals surface area contributed by atoms with E-state index in [9.17, 15) is 5.11 Å². The predicted molar refractivity (Wildman–Crippen MR) is 102 cm³/mol. The minimum absolute atomic E-state index is 0.214. The molecule has 0 spiro atoms. The van der Waals surface area contributed by atoms with Gasteiger partial charge in [0.05, 0.1) is 5.69 Å². The lowest BCUT2D eigenvalue weighted by molar-refractivity contribution is 0.480. The van der Waals surface area contributed by atoms with Crippen LogP contribution < -0.4 is 4.90 Å². The monoisotopic (exact) mass is 318 g/mol. The molecule has 1 N–H and O–H groups in total. The fraction of sp³-hybridized carbons (Fsp3) is 0.190. The van der Waals surface area contributed by atoms with Crippen molar-refractivity contribution in [3.63, 3.8) is 0 Å². The van der Waals surface area contributed by atoms with Crippen molar-refractivity contribution < 1.29 is 5.11 Å². The molecule has 3 heteroatoms. The van der Waals surface area contributed by atoms with Gasteiger partial charge in [0.2, 0.25) is 0 Å². The number of rotatable bonds is 5. The number of phenols is 1. The average Bonchev–Trinajstić information content (AvgIpc) is 2.62. The molecule has 0 aliphatic carbocycles. The molecule has 0 aliphatic heterocycles. The molecule has 0 saturated carbocycles. The highest BCUT2D eigenvalue weighted by Gasteiger charge is 2.02. The molecule has 0 amide bonds. The molecule has 0 saturated heterocycles. The SMILES string of the molecule is CCN(CC)c1ccc(C=Cc2ccc3cccc(O)c3n2)cc1. The Labute approximate surface area is 142 Å². The Hall–Kier alpha value is -2.81. The number of hydrogen-bond acceptors (Lipinski definition) is 3. The molecule has 0 radical (unpaired) electrons. The third-order valence-corrected chi connectivity index (χ3v) is 4.19. The molecular weight excluding hydrogens is 296 g/mol. The van der Waals surface area contributed by atoms with Crippen LogP contribution in [0.2, 0.25) is 0 Å². The van der Waals surface area contributed by atoms with Crippen molar-refractivity contribution >= 4 is 28.7 Å². The Morgan fingerprint density at radius 3 is 2.38 bits per heavy atom.